The van der Waals surface area contributed by atoms with Crippen molar-refractivity contribution in [2.45, 2.75) is 111 Å². The number of aromatic nitrogens is 4. The number of thiazole rings is 1. The normalized spacial score (nSPS) is 19.4. The molecule has 3 aromatic heterocycles. The lowest BCUT2D eigenvalue weighted by Gasteiger charge is -2.35. The topological polar surface area (TPSA) is 193 Å². The number of thiophene rings is 1. The van der Waals surface area contributed by atoms with Crippen LogP contribution in [0.2, 0.25) is 0 Å². The summed E-state index contributed by atoms with van der Waals surface area (Å²) < 4.78 is 13.5. The number of rotatable bonds is 13. The van der Waals surface area contributed by atoms with Gasteiger partial charge in [0.15, 0.2) is 5.82 Å². The minimum Gasteiger partial charge on any atom is -0.489 e. The van der Waals surface area contributed by atoms with Crippen molar-refractivity contribution < 1.29 is 33.8 Å². The molecule has 376 valence electrons. The number of anilines is 1. The number of fused-ring (bicyclic) bond motifs is 3. The Morgan fingerprint density at radius 1 is 0.903 bits per heavy atom. The molecule has 9 rings (SSSR count). The van der Waals surface area contributed by atoms with Gasteiger partial charge in [0.1, 0.15) is 40.8 Å². The zero-order valence-corrected chi connectivity index (χ0v) is 43.7. The van der Waals surface area contributed by atoms with E-state index in [0.29, 0.717) is 23.7 Å². The van der Waals surface area contributed by atoms with E-state index >= 15 is 0 Å². The van der Waals surface area contributed by atoms with Gasteiger partial charge in [-0.05, 0) is 93.1 Å². The van der Waals surface area contributed by atoms with Gasteiger partial charge < -0.3 is 35.0 Å². The third-order valence-corrected chi connectivity index (χ3v) is 16.1. The largest absolute Gasteiger partial charge is 0.489 e. The number of aliphatic hydroxyl groups excluding tert-OH is 1. The van der Waals surface area contributed by atoms with Gasteiger partial charge >= 0.3 is 5.97 Å². The molecule has 0 aliphatic carbocycles. The molecule has 6 heterocycles. The molecular weight excluding hydrogens is 951 g/mol. The fourth-order valence-corrected chi connectivity index (χ4v) is 11.8. The van der Waals surface area contributed by atoms with Crippen LogP contribution in [-0.4, -0.2) is 110 Å². The van der Waals surface area contributed by atoms with Crippen molar-refractivity contribution in [3.8, 4) is 21.2 Å². The number of nitrogens with zero attached hydrogens (tertiary/aromatic N) is 7. The number of β-amino-alcohol motifs (C(OH)–C–C–N with tert-alkyl or cyclic N) is 1. The predicted molar refractivity (Wildman–Crippen MR) is 278 cm³/mol. The molecule has 0 radical (unpaired) electrons. The number of ether oxygens (including phenoxy) is 2. The van der Waals surface area contributed by atoms with Gasteiger partial charge in [-0.25, -0.2) is 4.98 Å². The van der Waals surface area contributed by atoms with Crippen LogP contribution in [0.4, 0.5) is 5.69 Å². The summed E-state index contributed by atoms with van der Waals surface area (Å²) in [6.45, 7) is 17.0. The van der Waals surface area contributed by atoms with E-state index in [4.69, 9.17) is 14.5 Å². The zero-order chi connectivity index (χ0) is 51.2. The number of amides is 3. The van der Waals surface area contributed by atoms with E-state index < -0.39 is 41.5 Å². The zero-order valence-electron chi connectivity index (χ0n) is 42.1. The van der Waals surface area contributed by atoms with Crippen molar-refractivity contribution in [3.05, 3.63) is 128 Å². The second-order valence-electron chi connectivity index (χ2n) is 20.0. The van der Waals surface area contributed by atoms with Crippen LogP contribution in [0.1, 0.15) is 114 Å². The van der Waals surface area contributed by atoms with Crippen molar-refractivity contribution in [1.29, 1.82) is 0 Å². The minimum absolute atomic E-state index is 0.0236. The summed E-state index contributed by atoms with van der Waals surface area (Å²) in [5, 5.41) is 26.6. The maximum Gasteiger partial charge on any atom is 0.308 e. The average Bonchev–Trinajstić information content (AvgIpc) is 4.21. The lowest BCUT2D eigenvalue weighted by atomic mass is 9.85. The van der Waals surface area contributed by atoms with E-state index in [9.17, 15) is 24.3 Å². The van der Waals surface area contributed by atoms with Gasteiger partial charge in [-0.2, -0.15) is 0 Å². The fraction of sp³-hybridized carbons (Fsp3) is 0.407. The summed E-state index contributed by atoms with van der Waals surface area (Å²) in [4.78, 5) is 70.0. The van der Waals surface area contributed by atoms with Crippen molar-refractivity contribution >= 4 is 57.8 Å². The number of hydrogen-bond donors (Lipinski definition) is 3. The second kappa shape index (κ2) is 20.4. The van der Waals surface area contributed by atoms with Crippen molar-refractivity contribution in [2.75, 3.05) is 31.6 Å². The third-order valence-electron chi connectivity index (χ3n) is 13.9. The highest BCUT2D eigenvalue weighted by Gasteiger charge is 2.45. The highest BCUT2D eigenvalue weighted by Crippen LogP contribution is 2.40. The first-order valence-corrected chi connectivity index (χ1v) is 26.0. The molecule has 0 unspecified atom stereocenters. The van der Waals surface area contributed by atoms with E-state index in [1.165, 1.54) is 16.9 Å². The van der Waals surface area contributed by atoms with Gasteiger partial charge in [-0.15, -0.1) is 32.9 Å². The van der Waals surface area contributed by atoms with Gasteiger partial charge in [-0.3, -0.25) is 28.7 Å². The van der Waals surface area contributed by atoms with Crippen molar-refractivity contribution in [3.63, 3.8) is 0 Å². The number of carbonyl (C=O) groups is 4. The number of likely N-dealkylation sites (tertiary alicyclic amines) is 1. The summed E-state index contributed by atoms with van der Waals surface area (Å²) >= 11 is 3.24. The summed E-state index contributed by atoms with van der Waals surface area (Å²) in [6.07, 6.45) is -0.0708. The molecule has 0 spiro atoms. The summed E-state index contributed by atoms with van der Waals surface area (Å²) in [6, 6.07) is 20.4. The van der Waals surface area contributed by atoms with Crippen LogP contribution in [0.15, 0.2) is 83.3 Å². The Kier molecular flexibility index (Phi) is 14.2. The second-order valence-corrected chi connectivity index (χ2v) is 22.1. The Morgan fingerprint density at radius 2 is 1.61 bits per heavy atom. The molecule has 3 N–H and O–H groups in total. The summed E-state index contributed by atoms with van der Waals surface area (Å²) in [7, 11) is 1.38. The molecule has 0 saturated carbocycles. The monoisotopic (exact) mass is 1010 g/mol. The number of aryl methyl sites for hydroxylation is 3. The number of esters is 1. The van der Waals surface area contributed by atoms with Gasteiger partial charge in [0.25, 0.3) is 5.91 Å². The van der Waals surface area contributed by atoms with Gasteiger partial charge in [0.05, 0.1) is 54.0 Å². The number of methoxy groups -OCH3 is 1. The molecule has 3 aromatic carbocycles. The van der Waals surface area contributed by atoms with E-state index in [-0.39, 0.29) is 43.4 Å². The predicted octanol–water partition coefficient (Wildman–Crippen LogP) is 7.78. The van der Waals surface area contributed by atoms with Crippen molar-refractivity contribution in [2.24, 2.45) is 10.4 Å². The lowest BCUT2D eigenvalue weighted by Crippen LogP contribution is -2.57. The Hall–Kier alpha value is -6.76. The van der Waals surface area contributed by atoms with Gasteiger partial charge in [-0.1, -0.05) is 57.2 Å². The van der Waals surface area contributed by atoms with Crippen LogP contribution in [0, 0.1) is 33.1 Å². The maximum atomic E-state index is 14.3. The molecular formula is C54H61N9O7S2. The standard InChI is InChI=1S/C54H61N9O7S2/c1-29-32(4)72-53-45(29)46(57-42(25-44(65)69-9)49-60-59-33(5)63(49)53)35-14-18-38(19-15-35)61-23-22-41(27-61)70-40-20-16-37(17-21-40)50(66)58-48(54(6,7)8)52(68)62-26-39(64)24-43(62)51(67)56-30(2)34-10-12-36(13-11-34)47-31(3)55-28-71-47/h10-21,28,30,39,41-43,48,64H,22-27H2,1-9H3,(H,56,67)(H,58,66)/t30-,39+,41-,42-,43-,48+/m0/s1. The Bertz CT molecular complexity index is 3030. The molecule has 3 aliphatic rings. The smallest absolute Gasteiger partial charge is 0.308 e. The summed E-state index contributed by atoms with van der Waals surface area (Å²) in [5.74, 6) is 0.336. The van der Waals surface area contributed by atoms with Crippen LogP contribution in [0.5, 0.6) is 5.75 Å². The average molecular weight is 1010 g/mol. The van der Waals surface area contributed by atoms with Crippen LogP contribution >= 0.6 is 22.7 Å². The molecule has 2 fully saturated rings. The number of aliphatic imine (C=N–C) groups is 1. The molecule has 0 bridgehead atoms. The molecule has 6 aromatic rings. The van der Waals surface area contributed by atoms with E-state index in [2.05, 4.69) is 68.8 Å². The van der Waals surface area contributed by atoms with Gasteiger partial charge in [0.2, 0.25) is 11.8 Å². The maximum absolute atomic E-state index is 14.3. The van der Waals surface area contributed by atoms with E-state index in [0.717, 1.165) is 73.6 Å². The Morgan fingerprint density at radius 3 is 2.28 bits per heavy atom. The van der Waals surface area contributed by atoms with Crippen LogP contribution in [-0.2, 0) is 19.1 Å². The number of aliphatic hydroxyl groups is 1. The summed E-state index contributed by atoms with van der Waals surface area (Å²) in [5.41, 5.74) is 9.25. The third kappa shape index (κ3) is 10.2. The SMILES string of the molecule is COC(=O)C[C@@H]1N=C(c2ccc(N3CC[C@H](Oc4ccc(C(=O)N[C@H](C(=O)N5C[C@H](O)C[C@H]5C(=O)N[C@@H](C)c5ccc(-c6scnc6C)cc5)C(C)(C)C)cc4)C3)cc2)c2c(sc(C)c2C)-n2c(C)nnc21. The molecule has 2 saturated heterocycles. The van der Waals surface area contributed by atoms with Crippen molar-refractivity contribution in [1.82, 2.24) is 35.3 Å². The first-order chi connectivity index (χ1) is 34.4. The minimum atomic E-state index is -0.989. The Balaban J connectivity index is 0.820. The molecule has 3 aliphatic heterocycles. The Labute approximate surface area is 427 Å². The first kappa shape index (κ1) is 50.2. The van der Waals surface area contributed by atoms with Crippen LogP contribution in [0.3, 0.4) is 0 Å². The highest BCUT2D eigenvalue weighted by atomic mass is 32.1. The molecule has 18 heteroatoms. The first-order valence-electron chi connectivity index (χ1n) is 24.3. The molecule has 72 heavy (non-hydrogen) atoms. The highest BCUT2D eigenvalue weighted by molar-refractivity contribution is 7.15. The quantitative estimate of drug-likeness (QED) is 0.0957. The molecule has 6 atom stereocenters. The van der Waals surface area contributed by atoms with Gasteiger partial charge in [0, 0.05) is 53.2 Å². The van der Waals surface area contributed by atoms with Crippen LogP contribution in [0.25, 0.3) is 15.4 Å². The number of nitrogens with one attached hydrogen (secondary N) is 2. The number of hydrogen-bond acceptors (Lipinski definition) is 14. The number of benzene rings is 3. The number of carbonyl (C=O) groups excluding carboxylic acids is 4. The van der Waals surface area contributed by atoms with Crippen LogP contribution < -0.4 is 20.3 Å². The molecule has 16 nitrogen and oxygen atoms in total. The van der Waals surface area contributed by atoms with E-state index in [1.807, 2.05) is 75.9 Å². The van der Waals surface area contributed by atoms with E-state index in [1.54, 1.807) is 46.9 Å². The lowest BCUT2D eigenvalue weighted by molar-refractivity contribution is -0.142. The fourth-order valence-electron chi connectivity index (χ4n) is 9.76. The molecule has 3 amide bonds.